The average molecular weight is 305 g/mol. The summed E-state index contributed by atoms with van der Waals surface area (Å²) in [6.07, 6.45) is 5.99. The van der Waals surface area contributed by atoms with Crippen LogP contribution in [-0.2, 0) is 10.0 Å². The topological polar surface area (TPSA) is 58.2 Å². The SMILES string of the molecule is CCCNCCCCS(=O)(=O)NC1CC(C)CC(C)C1. The summed E-state index contributed by atoms with van der Waals surface area (Å²) in [7, 11) is -3.10. The molecule has 0 heterocycles. The van der Waals surface area contributed by atoms with Crippen LogP contribution in [0.3, 0.4) is 0 Å². The maximum atomic E-state index is 12.1. The molecule has 2 N–H and O–H groups in total. The van der Waals surface area contributed by atoms with Crippen molar-refractivity contribution in [2.24, 2.45) is 11.8 Å². The zero-order chi connectivity index (χ0) is 15.0. The standard InChI is InChI=1S/C15H32N2O2S/c1-4-7-16-8-5-6-9-20(18,19)17-15-11-13(2)10-14(3)12-15/h13-17H,4-12H2,1-3H3. The highest BCUT2D eigenvalue weighted by molar-refractivity contribution is 7.89. The molecule has 4 nitrogen and oxygen atoms in total. The number of hydrogen-bond acceptors (Lipinski definition) is 3. The highest BCUT2D eigenvalue weighted by atomic mass is 32.2. The van der Waals surface area contributed by atoms with Crippen LogP contribution in [0.15, 0.2) is 0 Å². The van der Waals surface area contributed by atoms with Gasteiger partial charge in [0.1, 0.15) is 0 Å². The van der Waals surface area contributed by atoms with Crippen LogP contribution in [0.25, 0.3) is 0 Å². The van der Waals surface area contributed by atoms with Crippen LogP contribution in [0.2, 0.25) is 0 Å². The fourth-order valence-corrected chi connectivity index (χ4v) is 4.60. The molecule has 0 amide bonds. The Labute approximate surface area is 125 Å². The van der Waals surface area contributed by atoms with Crippen LogP contribution in [0.4, 0.5) is 0 Å². The van der Waals surface area contributed by atoms with E-state index in [0.29, 0.717) is 11.8 Å². The van der Waals surface area contributed by atoms with E-state index in [1.807, 2.05) is 0 Å². The van der Waals surface area contributed by atoms with Crippen molar-refractivity contribution < 1.29 is 8.42 Å². The van der Waals surface area contributed by atoms with Crippen molar-refractivity contribution in [2.45, 2.75) is 65.3 Å². The van der Waals surface area contributed by atoms with Crippen LogP contribution < -0.4 is 10.0 Å². The van der Waals surface area contributed by atoms with Crippen LogP contribution in [-0.4, -0.2) is 33.3 Å². The van der Waals surface area contributed by atoms with Crippen LogP contribution in [0.5, 0.6) is 0 Å². The average Bonchev–Trinajstić information content (AvgIpc) is 2.31. The first-order valence-electron chi connectivity index (χ1n) is 8.13. The Morgan fingerprint density at radius 2 is 1.65 bits per heavy atom. The van der Waals surface area contributed by atoms with E-state index in [1.165, 1.54) is 6.42 Å². The third kappa shape index (κ3) is 7.60. The van der Waals surface area contributed by atoms with Gasteiger partial charge in [0, 0.05) is 6.04 Å². The third-order valence-electron chi connectivity index (χ3n) is 3.97. The molecule has 20 heavy (non-hydrogen) atoms. The summed E-state index contributed by atoms with van der Waals surface area (Å²) < 4.78 is 27.0. The Morgan fingerprint density at radius 3 is 2.25 bits per heavy atom. The maximum absolute atomic E-state index is 12.1. The van der Waals surface area contributed by atoms with Crippen molar-refractivity contribution in [3.05, 3.63) is 0 Å². The number of hydrogen-bond donors (Lipinski definition) is 2. The minimum Gasteiger partial charge on any atom is -0.317 e. The molecule has 0 radical (unpaired) electrons. The fourth-order valence-electron chi connectivity index (χ4n) is 3.20. The molecule has 0 saturated heterocycles. The van der Waals surface area contributed by atoms with Gasteiger partial charge in [-0.2, -0.15) is 0 Å². The van der Waals surface area contributed by atoms with Crippen LogP contribution in [0.1, 0.15) is 59.3 Å². The lowest BCUT2D eigenvalue weighted by molar-refractivity contribution is 0.257. The van der Waals surface area contributed by atoms with E-state index in [2.05, 4.69) is 30.8 Å². The molecule has 0 aromatic heterocycles. The lowest BCUT2D eigenvalue weighted by atomic mass is 9.81. The second-order valence-corrected chi connectivity index (χ2v) is 8.38. The lowest BCUT2D eigenvalue weighted by Gasteiger charge is -2.31. The van der Waals surface area contributed by atoms with Crippen molar-refractivity contribution in [1.82, 2.24) is 10.0 Å². The summed E-state index contributed by atoms with van der Waals surface area (Å²) in [4.78, 5) is 0. The van der Waals surface area contributed by atoms with Gasteiger partial charge in [-0.15, -0.1) is 0 Å². The number of nitrogens with one attached hydrogen (secondary N) is 2. The molecule has 1 aliphatic carbocycles. The first kappa shape index (κ1) is 17.9. The zero-order valence-electron chi connectivity index (χ0n) is 13.3. The lowest BCUT2D eigenvalue weighted by Crippen LogP contribution is -2.41. The molecule has 0 aliphatic heterocycles. The second kappa shape index (κ2) is 9.00. The van der Waals surface area contributed by atoms with Crippen molar-refractivity contribution in [3.63, 3.8) is 0 Å². The van der Waals surface area contributed by atoms with Gasteiger partial charge in [0.25, 0.3) is 0 Å². The van der Waals surface area contributed by atoms with Gasteiger partial charge in [0.2, 0.25) is 10.0 Å². The third-order valence-corrected chi connectivity index (χ3v) is 5.49. The van der Waals surface area contributed by atoms with Gasteiger partial charge in [-0.05, 0) is 63.5 Å². The van der Waals surface area contributed by atoms with Gasteiger partial charge in [-0.1, -0.05) is 20.8 Å². The van der Waals surface area contributed by atoms with Crippen molar-refractivity contribution in [1.29, 1.82) is 0 Å². The fraction of sp³-hybridized carbons (Fsp3) is 1.00. The van der Waals surface area contributed by atoms with E-state index in [-0.39, 0.29) is 11.8 Å². The van der Waals surface area contributed by atoms with Crippen molar-refractivity contribution in [3.8, 4) is 0 Å². The molecule has 120 valence electrons. The summed E-state index contributed by atoms with van der Waals surface area (Å²) >= 11 is 0. The van der Waals surface area contributed by atoms with Gasteiger partial charge in [-0.25, -0.2) is 13.1 Å². The minimum atomic E-state index is -3.10. The monoisotopic (exact) mass is 304 g/mol. The Bertz CT molecular complexity index is 347. The van der Waals surface area contributed by atoms with Gasteiger partial charge >= 0.3 is 0 Å². The molecule has 2 unspecified atom stereocenters. The molecule has 0 aromatic rings. The van der Waals surface area contributed by atoms with Crippen molar-refractivity contribution >= 4 is 10.0 Å². The van der Waals surface area contributed by atoms with Gasteiger partial charge in [0.05, 0.1) is 5.75 Å². The summed E-state index contributed by atoms with van der Waals surface area (Å²) in [6.45, 7) is 8.50. The molecular formula is C15H32N2O2S. The first-order valence-corrected chi connectivity index (χ1v) is 9.79. The number of unbranched alkanes of at least 4 members (excludes halogenated alkanes) is 1. The molecule has 0 bridgehead atoms. The van der Waals surface area contributed by atoms with E-state index in [1.54, 1.807) is 0 Å². The van der Waals surface area contributed by atoms with E-state index in [9.17, 15) is 8.42 Å². The minimum absolute atomic E-state index is 0.150. The van der Waals surface area contributed by atoms with E-state index in [0.717, 1.165) is 45.2 Å². The van der Waals surface area contributed by atoms with Crippen LogP contribution >= 0.6 is 0 Å². The quantitative estimate of drug-likeness (QED) is 0.644. The molecule has 1 fully saturated rings. The Balaban J connectivity index is 2.23. The predicted molar refractivity (Wildman–Crippen MR) is 85.3 cm³/mol. The molecule has 1 saturated carbocycles. The highest BCUT2D eigenvalue weighted by Crippen LogP contribution is 2.28. The summed E-state index contributed by atoms with van der Waals surface area (Å²) in [5.74, 6) is 1.52. The zero-order valence-corrected chi connectivity index (χ0v) is 14.1. The molecule has 0 spiro atoms. The maximum Gasteiger partial charge on any atom is 0.211 e. The Hall–Kier alpha value is -0.130. The van der Waals surface area contributed by atoms with Gasteiger partial charge in [-0.3, -0.25) is 0 Å². The van der Waals surface area contributed by atoms with E-state index >= 15 is 0 Å². The molecule has 0 aromatic carbocycles. The number of rotatable bonds is 9. The highest BCUT2D eigenvalue weighted by Gasteiger charge is 2.26. The van der Waals surface area contributed by atoms with Crippen LogP contribution in [0, 0.1) is 11.8 Å². The first-order chi connectivity index (χ1) is 9.43. The summed E-state index contributed by atoms with van der Waals surface area (Å²) in [5, 5.41) is 3.30. The largest absolute Gasteiger partial charge is 0.317 e. The number of sulfonamides is 1. The van der Waals surface area contributed by atoms with Crippen molar-refractivity contribution in [2.75, 3.05) is 18.8 Å². The Morgan fingerprint density at radius 1 is 1.00 bits per heavy atom. The summed E-state index contributed by atoms with van der Waals surface area (Å²) in [5.41, 5.74) is 0. The normalized spacial score (nSPS) is 27.6. The molecule has 5 heteroatoms. The molecule has 1 rings (SSSR count). The van der Waals surface area contributed by atoms with E-state index < -0.39 is 10.0 Å². The van der Waals surface area contributed by atoms with Gasteiger partial charge in [0.15, 0.2) is 0 Å². The molecule has 1 aliphatic rings. The van der Waals surface area contributed by atoms with E-state index in [4.69, 9.17) is 0 Å². The summed E-state index contributed by atoms with van der Waals surface area (Å²) in [6, 6.07) is 0.150. The molecular weight excluding hydrogens is 272 g/mol. The Kier molecular flexibility index (Phi) is 8.07. The second-order valence-electron chi connectivity index (χ2n) is 6.51. The smallest absolute Gasteiger partial charge is 0.211 e. The van der Waals surface area contributed by atoms with Gasteiger partial charge < -0.3 is 5.32 Å². The predicted octanol–water partition coefficient (Wildman–Crippen LogP) is 2.51. The molecule has 2 atom stereocenters.